The Morgan fingerprint density at radius 1 is 0.906 bits per heavy atom. The second-order valence-electron chi connectivity index (χ2n) is 9.17. The highest BCUT2D eigenvalue weighted by atomic mass is 16.1. The van der Waals surface area contributed by atoms with Crippen molar-refractivity contribution in [2.75, 3.05) is 67.5 Å². The zero-order valence-electron chi connectivity index (χ0n) is 20.1. The largest absolute Gasteiger partial charge is 0.308 e. The lowest BCUT2D eigenvalue weighted by atomic mass is 10.0. The van der Waals surface area contributed by atoms with Crippen molar-refractivity contribution >= 4 is 11.9 Å². The predicted octanol–water partition coefficient (Wildman–Crippen LogP) is 3.32. The van der Waals surface area contributed by atoms with Crippen LogP contribution in [0.3, 0.4) is 0 Å². The normalized spacial score (nSPS) is 15.8. The molecule has 1 heterocycles. The Morgan fingerprint density at radius 3 is 2.28 bits per heavy atom. The van der Waals surface area contributed by atoms with E-state index in [0.29, 0.717) is 0 Å². The number of allylic oxidation sites excluding steroid dienone is 1. The topological polar surface area (TPSA) is 30.0 Å². The Labute approximate surface area is 193 Å². The highest BCUT2D eigenvalue weighted by Gasteiger charge is 2.15. The minimum atomic E-state index is 0.0657. The number of benzene rings is 2. The molecular formula is C27H38N4O. The summed E-state index contributed by atoms with van der Waals surface area (Å²) in [5.41, 5.74) is 4.27. The zero-order valence-corrected chi connectivity index (χ0v) is 20.1. The first-order chi connectivity index (χ1) is 15.4. The summed E-state index contributed by atoms with van der Waals surface area (Å²) in [6.45, 7) is 8.04. The summed E-state index contributed by atoms with van der Waals surface area (Å²) in [5.74, 6) is 0.0657. The van der Waals surface area contributed by atoms with Gasteiger partial charge in [-0.25, -0.2) is 0 Å². The lowest BCUT2D eigenvalue weighted by Crippen LogP contribution is -2.43. The molecule has 3 rings (SSSR count). The quantitative estimate of drug-likeness (QED) is 0.423. The number of likely N-dealkylation sites (N-methyl/N-ethyl adjacent to an activating group) is 3. The van der Waals surface area contributed by atoms with Gasteiger partial charge in [-0.05, 0) is 51.0 Å². The monoisotopic (exact) mass is 434 g/mol. The van der Waals surface area contributed by atoms with E-state index in [9.17, 15) is 4.79 Å². The first kappa shape index (κ1) is 24.3. The van der Waals surface area contributed by atoms with Gasteiger partial charge in [-0.3, -0.25) is 9.69 Å². The first-order valence-corrected chi connectivity index (χ1v) is 11.5. The van der Waals surface area contributed by atoms with Crippen LogP contribution in [0.1, 0.15) is 27.0 Å². The van der Waals surface area contributed by atoms with Crippen LogP contribution in [-0.2, 0) is 13.1 Å². The molecule has 0 spiro atoms. The van der Waals surface area contributed by atoms with E-state index in [2.05, 4.69) is 72.1 Å². The van der Waals surface area contributed by atoms with E-state index in [1.54, 1.807) is 6.08 Å². The summed E-state index contributed by atoms with van der Waals surface area (Å²) >= 11 is 0. The summed E-state index contributed by atoms with van der Waals surface area (Å²) < 4.78 is 0. The predicted molar refractivity (Wildman–Crippen MR) is 134 cm³/mol. The van der Waals surface area contributed by atoms with Gasteiger partial charge in [-0.15, -0.1) is 0 Å². The van der Waals surface area contributed by atoms with E-state index in [0.717, 1.165) is 69.0 Å². The maximum absolute atomic E-state index is 13.1. The van der Waals surface area contributed by atoms with Crippen molar-refractivity contribution in [2.24, 2.45) is 0 Å². The SMILES string of the molecule is CN(C)CCN(C)Cc1ccccc1C(=O)/C=C/c1ccccc1CN1CCN(C)CC1. The zero-order chi connectivity index (χ0) is 22.9. The standard InChI is InChI=1S/C27H38N4O/c1-28(2)15-16-30(4)21-25-11-7-8-12-26(25)27(32)14-13-23-9-5-6-10-24(23)22-31-19-17-29(3)18-20-31/h5-14H,15-22H2,1-4H3/b14-13+. The maximum Gasteiger partial charge on any atom is 0.186 e. The van der Waals surface area contributed by atoms with Crippen molar-refractivity contribution in [3.63, 3.8) is 0 Å². The lowest BCUT2D eigenvalue weighted by Gasteiger charge is -2.32. The van der Waals surface area contributed by atoms with Crippen molar-refractivity contribution in [1.82, 2.24) is 19.6 Å². The van der Waals surface area contributed by atoms with Crippen molar-refractivity contribution in [1.29, 1.82) is 0 Å². The summed E-state index contributed by atoms with van der Waals surface area (Å²) in [6.07, 6.45) is 3.72. The van der Waals surface area contributed by atoms with Crippen LogP contribution in [0.5, 0.6) is 0 Å². The Balaban J connectivity index is 1.68. The van der Waals surface area contributed by atoms with Gasteiger partial charge in [0.05, 0.1) is 0 Å². The molecule has 1 aliphatic heterocycles. The smallest absolute Gasteiger partial charge is 0.186 e. The van der Waals surface area contributed by atoms with E-state index in [1.807, 2.05) is 30.3 Å². The fourth-order valence-electron chi connectivity index (χ4n) is 3.98. The van der Waals surface area contributed by atoms with Gasteiger partial charge in [-0.2, -0.15) is 0 Å². The number of ketones is 1. The minimum absolute atomic E-state index is 0.0657. The molecule has 5 heteroatoms. The highest BCUT2D eigenvalue weighted by molar-refractivity contribution is 6.07. The first-order valence-electron chi connectivity index (χ1n) is 11.5. The molecule has 0 bridgehead atoms. The van der Waals surface area contributed by atoms with E-state index in [-0.39, 0.29) is 5.78 Å². The van der Waals surface area contributed by atoms with Crippen molar-refractivity contribution in [3.8, 4) is 0 Å². The van der Waals surface area contributed by atoms with Gasteiger partial charge >= 0.3 is 0 Å². The Kier molecular flexibility index (Phi) is 9.18. The number of carbonyl (C=O) groups excluding carboxylic acids is 1. The van der Waals surface area contributed by atoms with Gasteiger partial charge in [0.2, 0.25) is 0 Å². The second-order valence-corrected chi connectivity index (χ2v) is 9.17. The third-order valence-electron chi connectivity index (χ3n) is 6.11. The molecule has 0 aromatic heterocycles. The molecule has 0 unspecified atom stereocenters. The van der Waals surface area contributed by atoms with E-state index in [1.165, 1.54) is 5.56 Å². The molecule has 172 valence electrons. The van der Waals surface area contributed by atoms with Crippen LogP contribution in [0, 0.1) is 0 Å². The molecule has 32 heavy (non-hydrogen) atoms. The van der Waals surface area contributed by atoms with E-state index >= 15 is 0 Å². The number of rotatable bonds is 10. The van der Waals surface area contributed by atoms with Crippen molar-refractivity contribution < 1.29 is 4.79 Å². The average Bonchev–Trinajstić information content (AvgIpc) is 2.79. The third kappa shape index (κ3) is 7.38. The molecule has 0 amide bonds. The molecule has 0 aliphatic carbocycles. The van der Waals surface area contributed by atoms with Crippen molar-refractivity contribution in [3.05, 3.63) is 76.9 Å². The number of hydrogen-bond donors (Lipinski definition) is 0. The molecule has 1 aliphatic rings. The lowest BCUT2D eigenvalue weighted by molar-refractivity contribution is 0.104. The van der Waals surface area contributed by atoms with Gasteiger partial charge in [-0.1, -0.05) is 54.6 Å². The molecule has 1 saturated heterocycles. The highest BCUT2D eigenvalue weighted by Crippen LogP contribution is 2.17. The van der Waals surface area contributed by atoms with Crippen LogP contribution in [0.25, 0.3) is 6.08 Å². The van der Waals surface area contributed by atoms with Crippen LogP contribution >= 0.6 is 0 Å². The number of hydrogen-bond acceptors (Lipinski definition) is 5. The van der Waals surface area contributed by atoms with E-state index in [4.69, 9.17) is 0 Å². The Morgan fingerprint density at radius 2 is 1.56 bits per heavy atom. The fraction of sp³-hybridized carbons (Fsp3) is 0.444. The minimum Gasteiger partial charge on any atom is -0.308 e. The maximum atomic E-state index is 13.1. The average molecular weight is 435 g/mol. The molecule has 5 nitrogen and oxygen atoms in total. The number of carbonyl (C=O) groups is 1. The molecular weight excluding hydrogens is 396 g/mol. The van der Waals surface area contributed by atoms with Crippen LogP contribution < -0.4 is 0 Å². The molecule has 0 atom stereocenters. The molecule has 0 radical (unpaired) electrons. The molecule has 0 saturated carbocycles. The third-order valence-corrected chi connectivity index (χ3v) is 6.11. The Hall–Kier alpha value is -2.31. The molecule has 1 fully saturated rings. The summed E-state index contributed by atoms with van der Waals surface area (Å²) in [4.78, 5) is 22.4. The second kappa shape index (κ2) is 12.1. The fourth-order valence-corrected chi connectivity index (χ4v) is 3.98. The van der Waals surface area contributed by atoms with Gasteiger partial charge in [0.15, 0.2) is 5.78 Å². The van der Waals surface area contributed by atoms with Crippen LogP contribution in [0.2, 0.25) is 0 Å². The number of piperazine rings is 1. The molecule has 2 aromatic carbocycles. The van der Waals surface area contributed by atoms with Gasteiger partial charge in [0, 0.05) is 57.9 Å². The van der Waals surface area contributed by atoms with Gasteiger partial charge in [0.1, 0.15) is 0 Å². The van der Waals surface area contributed by atoms with Crippen LogP contribution in [0.15, 0.2) is 54.6 Å². The van der Waals surface area contributed by atoms with Gasteiger partial charge < -0.3 is 14.7 Å². The van der Waals surface area contributed by atoms with Crippen LogP contribution in [0.4, 0.5) is 0 Å². The van der Waals surface area contributed by atoms with E-state index < -0.39 is 0 Å². The van der Waals surface area contributed by atoms with Gasteiger partial charge in [0.25, 0.3) is 0 Å². The summed E-state index contributed by atoms with van der Waals surface area (Å²) in [7, 11) is 8.45. The van der Waals surface area contributed by atoms with Crippen molar-refractivity contribution in [2.45, 2.75) is 13.1 Å². The summed E-state index contributed by atoms with van der Waals surface area (Å²) in [5, 5.41) is 0. The molecule has 0 N–H and O–H groups in total. The summed E-state index contributed by atoms with van der Waals surface area (Å²) in [6, 6.07) is 16.4. The Bertz CT molecular complexity index is 900. The number of nitrogens with zero attached hydrogens (tertiary/aromatic N) is 4. The van der Waals surface area contributed by atoms with Crippen LogP contribution in [-0.4, -0.2) is 92.8 Å². The molecule has 2 aromatic rings.